The van der Waals surface area contributed by atoms with Crippen LogP contribution in [0.15, 0.2) is 52.1 Å². The van der Waals surface area contributed by atoms with Crippen molar-refractivity contribution in [3.8, 4) is 0 Å². The second-order valence-corrected chi connectivity index (χ2v) is 11.6. The molecular formula is C31H37FN6O5. The number of aromatic nitrogens is 4. The molecule has 0 saturated carbocycles. The Bertz CT molecular complexity index is 1760. The van der Waals surface area contributed by atoms with Gasteiger partial charge in [0, 0.05) is 37.7 Å². The Kier molecular flexibility index (Phi) is 9.17. The fraction of sp³-hybridized carbons (Fsp3) is 0.387. The van der Waals surface area contributed by atoms with E-state index in [1.54, 1.807) is 45.0 Å². The number of esters is 1. The fourth-order valence-electron chi connectivity index (χ4n) is 4.66. The minimum absolute atomic E-state index is 0.0246. The number of unbranched alkanes of at least 4 members (excludes halogenated alkanes) is 1. The van der Waals surface area contributed by atoms with Gasteiger partial charge >= 0.3 is 11.7 Å². The molecule has 0 radical (unpaired) electrons. The molecule has 1 unspecified atom stereocenters. The van der Waals surface area contributed by atoms with E-state index in [4.69, 9.17) is 15.5 Å². The SMILES string of the molecule is CCCCn1c(=O)[nH]c(=O)c2c1nc(Cc1ccc(NC(C)=O)cc1)n2C(Cc1cc(N)ccc1F)OC(=O)C(C)(C)C. The lowest BCUT2D eigenvalue weighted by atomic mass is 9.97. The molecule has 2 aromatic carbocycles. The van der Waals surface area contributed by atoms with Crippen LogP contribution in [0.3, 0.4) is 0 Å². The van der Waals surface area contributed by atoms with Crippen molar-refractivity contribution in [3.05, 3.63) is 86.1 Å². The molecule has 2 aromatic heterocycles. The van der Waals surface area contributed by atoms with Crippen LogP contribution >= 0.6 is 0 Å². The van der Waals surface area contributed by atoms with Gasteiger partial charge in [-0.2, -0.15) is 0 Å². The van der Waals surface area contributed by atoms with E-state index in [9.17, 15) is 19.2 Å². The van der Waals surface area contributed by atoms with Crippen molar-refractivity contribution in [2.75, 3.05) is 11.1 Å². The van der Waals surface area contributed by atoms with Crippen molar-refractivity contribution >= 4 is 34.4 Å². The Balaban J connectivity index is 1.96. The molecular weight excluding hydrogens is 555 g/mol. The van der Waals surface area contributed by atoms with Gasteiger partial charge in [0.2, 0.25) is 5.91 Å². The molecule has 0 aliphatic heterocycles. The third kappa shape index (κ3) is 7.19. The number of rotatable bonds is 10. The van der Waals surface area contributed by atoms with Crippen molar-refractivity contribution in [1.29, 1.82) is 0 Å². The Labute approximate surface area is 247 Å². The van der Waals surface area contributed by atoms with Crippen LogP contribution in [0.2, 0.25) is 0 Å². The predicted molar refractivity (Wildman–Crippen MR) is 162 cm³/mol. The number of nitrogens with zero attached hydrogens (tertiary/aromatic N) is 3. The van der Waals surface area contributed by atoms with Crippen LogP contribution in [-0.2, 0) is 33.7 Å². The summed E-state index contributed by atoms with van der Waals surface area (Å²) in [7, 11) is 0. The fourth-order valence-corrected chi connectivity index (χ4v) is 4.66. The van der Waals surface area contributed by atoms with E-state index in [0.29, 0.717) is 30.2 Å². The summed E-state index contributed by atoms with van der Waals surface area (Å²) in [5, 5.41) is 2.71. The molecule has 43 heavy (non-hydrogen) atoms. The van der Waals surface area contributed by atoms with Gasteiger partial charge in [-0.15, -0.1) is 0 Å². The van der Waals surface area contributed by atoms with Crippen LogP contribution in [0.4, 0.5) is 15.8 Å². The summed E-state index contributed by atoms with van der Waals surface area (Å²) in [4.78, 5) is 58.1. The minimum atomic E-state index is -1.21. The number of halogens is 1. The average Bonchev–Trinajstić information content (AvgIpc) is 3.29. The number of nitrogens with one attached hydrogen (secondary N) is 2. The van der Waals surface area contributed by atoms with Gasteiger partial charge in [0.1, 0.15) is 11.6 Å². The first kappa shape index (κ1) is 31.2. The Morgan fingerprint density at radius 1 is 1.14 bits per heavy atom. The third-order valence-corrected chi connectivity index (χ3v) is 6.88. The predicted octanol–water partition coefficient (Wildman–Crippen LogP) is 4.29. The summed E-state index contributed by atoms with van der Waals surface area (Å²) < 4.78 is 23.9. The summed E-state index contributed by atoms with van der Waals surface area (Å²) in [6.07, 6.45) is 0.248. The number of H-pyrrole nitrogens is 1. The van der Waals surface area contributed by atoms with Gasteiger partial charge in [-0.25, -0.2) is 14.2 Å². The summed E-state index contributed by atoms with van der Waals surface area (Å²) in [5.74, 6) is -1.03. The Hall–Kier alpha value is -4.74. The van der Waals surface area contributed by atoms with Crippen LogP contribution in [0, 0.1) is 11.2 Å². The highest BCUT2D eigenvalue weighted by atomic mass is 19.1. The van der Waals surface area contributed by atoms with E-state index >= 15 is 4.39 Å². The number of nitrogens with two attached hydrogens (primary N) is 1. The first-order valence-corrected chi connectivity index (χ1v) is 14.1. The van der Waals surface area contributed by atoms with E-state index in [0.717, 1.165) is 12.0 Å². The molecule has 1 atom stereocenters. The van der Waals surface area contributed by atoms with Crippen molar-refractivity contribution in [2.45, 2.75) is 73.1 Å². The molecule has 1 amide bonds. The summed E-state index contributed by atoms with van der Waals surface area (Å²) >= 11 is 0. The number of anilines is 2. The molecule has 0 spiro atoms. The highest BCUT2D eigenvalue weighted by Gasteiger charge is 2.32. The van der Waals surface area contributed by atoms with Gasteiger partial charge in [0.15, 0.2) is 17.4 Å². The van der Waals surface area contributed by atoms with Gasteiger partial charge in [-0.3, -0.25) is 28.5 Å². The van der Waals surface area contributed by atoms with Gasteiger partial charge < -0.3 is 15.8 Å². The number of fused-ring (bicyclic) bond motifs is 1. The zero-order valence-electron chi connectivity index (χ0n) is 25.0. The summed E-state index contributed by atoms with van der Waals surface area (Å²) in [5.41, 5.74) is 5.74. The van der Waals surface area contributed by atoms with Gasteiger partial charge in [-0.1, -0.05) is 25.5 Å². The van der Waals surface area contributed by atoms with Crippen LogP contribution in [0.25, 0.3) is 11.2 Å². The van der Waals surface area contributed by atoms with Crippen molar-refractivity contribution in [3.63, 3.8) is 0 Å². The smallest absolute Gasteiger partial charge is 0.330 e. The van der Waals surface area contributed by atoms with Crippen LogP contribution in [0.1, 0.15) is 70.6 Å². The molecule has 0 aliphatic rings. The number of carbonyl (C=O) groups excluding carboxylic acids is 2. The largest absolute Gasteiger partial charge is 0.440 e. The quantitative estimate of drug-likeness (QED) is 0.183. The van der Waals surface area contributed by atoms with E-state index in [2.05, 4.69) is 10.3 Å². The number of ether oxygens (including phenoxy) is 1. The topological polar surface area (TPSA) is 154 Å². The van der Waals surface area contributed by atoms with E-state index < -0.39 is 34.7 Å². The first-order valence-electron chi connectivity index (χ1n) is 14.1. The minimum Gasteiger partial charge on any atom is -0.440 e. The number of hydrogen-bond donors (Lipinski definition) is 3. The molecule has 4 rings (SSSR count). The number of hydrogen-bond acceptors (Lipinski definition) is 7. The lowest BCUT2D eigenvalue weighted by molar-refractivity contribution is -0.163. The second kappa shape index (κ2) is 12.6. The van der Waals surface area contributed by atoms with Crippen LogP contribution in [-0.4, -0.2) is 31.0 Å². The number of amides is 1. The monoisotopic (exact) mass is 592 g/mol. The lowest BCUT2D eigenvalue weighted by Crippen LogP contribution is -2.33. The molecule has 4 aromatic rings. The van der Waals surface area contributed by atoms with E-state index in [-0.39, 0.29) is 35.5 Å². The number of imidazole rings is 1. The standard InChI is InChI=1S/C31H37FN6O5/c1-6-7-14-37-27-26(28(40)36-30(37)42)38(24(35-27)15-19-8-11-22(12-9-19)34-18(2)39)25(43-29(41)31(3,4)5)17-20-16-21(33)10-13-23(20)32/h8-13,16,25H,6-7,14-15,17,33H2,1-5H3,(H,34,39)(H,36,40,42). The summed E-state index contributed by atoms with van der Waals surface area (Å²) in [6, 6.07) is 11.1. The van der Waals surface area contributed by atoms with Crippen molar-refractivity contribution in [2.24, 2.45) is 5.41 Å². The molecule has 0 fully saturated rings. The highest BCUT2D eigenvalue weighted by Crippen LogP contribution is 2.29. The number of nitrogen functional groups attached to an aromatic ring is 1. The maximum Gasteiger partial charge on any atom is 0.330 e. The molecule has 228 valence electrons. The van der Waals surface area contributed by atoms with E-state index in [1.165, 1.54) is 34.3 Å². The average molecular weight is 593 g/mol. The van der Waals surface area contributed by atoms with Gasteiger partial charge in [-0.05, 0) is 68.7 Å². The second-order valence-electron chi connectivity index (χ2n) is 11.6. The lowest BCUT2D eigenvalue weighted by Gasteiger charge is -2.26. The molecule has 12 heteroatoms. The molecule has 0 bridgehead atoms. The first-order chi connectivity index (χ1) is 20.3. The molecule has 0 saturated heterocycles. The number of aryl methyl sites for hydroxylation is 1. The molecule has 11 nitrogen and oxygen atoms in total. The van der Waals surface area contributed by atoms with Crippen LogP contribution in [0.5, 0.6) is 0 Å². The zero-order valence-corrected chi connectivity index (χ0v) is 25.0. The maximum absolute atomic E-state index is 15.0. The number of carbonyl (C=O) groups is 2. The zero-order chi connectivity index (χ0) is 31.5. The van der Waals surface area contributed by atoms with Gasteiger partial charge in [0.25, 0.3) is 5.56 Å². The molecule has 4 N–H and O–H groups in total. The van der Waals surface area contributed by atoms with Crippen molar-refractivity contribution in [1.82, 2.24) is 19.1 Å². The van der Waals surface area contributed by atoms with Gasteiger partial charge in [0.05, 0.1) is 5.41 Å². The van der Waals surface area contributed by atoms with Crippen molar-refractivity contribution < 1.29 is 18.7 Å². The highest BCUT2D eigenvalue weighted by molar-refractivity contribution is 5.88. The van der Waals surface area contributed by atoms with E-state index in [1.807, 2.05) is 6.92 Å². The summed E-state index contributed by atoms with van der Waals surface area (Å²) in [6.45, 7) is 8.75. The number of aromatic amines is 1. The number of benzene rings is 2. The van der Waals surface area contributed by atoms with Crippen LogP contribution < -0.4 is 22.3 Å². The molecule has 2 heterocycles. The molecule has 0 aliphatic carbocycles. The third-order valence-electron chi connectivity index (χ3n) is 6.88. The Morgan fingerprint density at radius 3 is 2.47 bits per heavy atom. The Morgan fingerprint density at radius 2 is 1.84 bits per heavy atom. The maximum atomic E-state index is 15.0. The normalized spacial score (nSPS) is 12.3.